The van der Waals surface area contributed by atoms with Crippen LogP contribution in [0.2, 0.25) is 10.0 Å². The number of halogens is 2. The first-order valence-corrected chi connectivity index (χ1v) is 11.2. The summed E-state index contributed by atoms with van der Waals surface area (Å²) in [4.78, 5) is 31.3. The van der Waals surface area contributed by atoms with Crippen LogP contribution in [-0.2, 0) is 9.53 Å². The van der Waals surface area contributed by atoms with E-state index in [1.165, 1.54) is 15.9 Å². The van der Waals surface area contributed by atoms with E-state index in [1.54, 1.807) is 50.3 Å². The van der Waals surface area contributed by atoms with Crippen molar-refractivity contribution in [2.45, 2.75) is 19.9 Å². The van der Waals surface area contributed by atoms with Crippen molar-refractivity contribution in [3.63, 3.8) is 0 Å². The third kappa shape index (κ3) is 4.11. The quantitative estimate of drug-likeness (QED) is 0.536. The van der Waals surface area contributed by atoms with Crippen LogP contribution < -0.4 is 14.9 Å². The van der Waals surface area contributed by atoms with E-state index in [4.69, 9.17) is 27.9 Å². The van der Waals surface area contributed by atoms with Crippen LogP contribution in [0.5, 0.6) is 0 Å². The van der Waals surface area contributed by atoms with E-state index < -0.39 is 12.0 Å². The maximum Gasteiger partial charge on any atom is 0.338 e. The van der Waals surface area contributed by atoms with Crippen molar-refractivity contribution in [1.82, 2.24) is 4.57 Å². The van der Waals surface area contributed by atoms with E-state index in [1.807, 2.05) is 18.2 Å². The number of nitrogens with zero attached hydrogens (tertiary/aromatic N) is 2. The number of benzene rings is 2. The van der Waals surface area contributed by atoms with Crippen molar-refractivity contribution in [1.29, 1.82) is 0 Å². The molecule has 31 heavy (non-hydrogen) atoms. The molecule has 0 radical (unpaired) electrons. The fraction of sp³-hybridized carbons (Fsp3) is 0.174. The summed E-state index contributed by atoms with van der Waals surface area (Å²) < 4.78 is 7.29. The summed E-state index contributed by atoms with van der Waals surface area (Å²) >= 11 is 13.6. The van der Waals surface area contributed by atoms with Gasteiger partial charge in [0.15, 0.2) is 4.80 Å². The largest absolute Gasteiger partial charge is 0.463 e. The molecule has 0 amide bonds. The molecule has 2 aromatic carbocycles. The van der Waals surface area contributed by atoms with Crippen molar-refractivity contribution in [3.05, 3.63) is 101 Å². The van der Waals surface area contributed by atoms with Gasteiger partial charge < -0.3 is 4.74 Å². The molecule has 0 bridgehead atoms. The molecule has 1 aromatic heterocycles. The Hall–Kier alpha value is -2.67. The smallest absolute Gasteiger partial charge is 0.338 e. The molecule has 0 saturated carbocycles. The lowest BCUT2D eigenvalue weighted by atomic mass is 9.96. The zero-order valence-corrected chi connectivity index (χ0v) is 19.1. The minimum absolute atomic E-state index is 0.222. The van der Waals surface area contributed by atoms with Crippen LogP contribution in [0.4, 0.5) is 0 Å². The predicted molar refractivity (Wildman–Crippen MR) is 123 cm³/mol. The summed E-state index contributed by atoms with van der Waals surface area (Å²) in [6.45, 7) is 3.71. The summed E-state index contributed by atoms with van der Waals surface area (Å²) in [5.74, 6) is -0.496. The standard InChI is InChI=1S/C23H18Cl2N2O3S/c1-3-30-22(29)19-13(2)26-23-27(20(19)14-8-10-16(24)11-9-14)21(28)18(31-23)12-15-6-4-5-7-17(15)25/h4-12,20H,3H2,1-2H3/t20-/m1/s1. The van der Waals surface area contributed by atoms with E-state index in [-0.39, 0.29) is 12.2 Å². The van der Waals surface area contributed by atoms with Crippen molar-refractivity contribution in [2.24, 2.45) is 4.99 Å². The Kier molecular flexibility index (Phi) is 6.14. The number of aromatic nitrogens is 1. The molecule has 1 aliphatic rings. The normalized spacial score (nSPS) is 16.1. The van der Waals surface area contributed by atoms with E-state index in [0.29, 0.717) is 30.6 Å². The lowest BCUT2D eigenvalue weighted by molar-refractivity contribution is -0.139. The molecule has 0 fully saturated rings. The molecule has 0 aliphatic carbocycles. The number of fused-ring (bicyclic) bond motifs is 1. The average Bonchev–Trinajstić information content (AvgIpc) is 3.04. The maximum atomic E-state index is 13.5. The van der Waals surface area contributed by atoms with Gasteiger partial charge in [0.1, 0.15) is 0 Å². The van der Waals surface area contributed by atoms with Crippen LogP contribution in [0, 0.1) is 0 Å². The summed E-state index contributed by atoms with van der Waals surface area (Å²) in [5, 5.41) is 1.11. The van der Waals surface area contributed by atoms with E-state index >= 15 is 0 Å². The molecule has 3 aromatic rings. The number of rotatable bonds is 4. The van der Waals surface area contributed by atoms with Gasteiger partial charge in [0.2, 0.25) is 0 Å². The van der Waals surface area contributed by atoms with Gasteiger partial charge in [-0.05, 0) is 49.2 Å². The van der Waals surface area contributed by atoms with Crippen LogP contribution in [0.1, 0.15) is 31.0 Å². The van der Waals surface area contributed by atoms with Crippen molar-refractivity contribution in [2.75, 3.05) is 6.61 Å². The SMILES string of the molecule is CCOC(=O)C1=C(C)N=c2sc(=Cc3ccccc3Cl)c(=O)n2[C@@H]1c1ccc(Cl)cc1. The zero-order valence-electron chi connectivity index (χ0n) is 16.8. The molecule has 158 valence electrons. The lowest BCUT2D eigenvalue weighted by Crippen LogP contribution is -2.39. The topological polar surface area (TPSA) is 60.7 Å². The van der Waals surface area contributed by atoms with Gasteiger partial charge in [-0.15, -0.1) is 0 Å². The molecule has 0 unspecified atom stereocenters. The summed E-state index contributed by atoms with van der Waals surface area (Å²) in [6.07, 6.45) is 1.74. The monoisotopic (exact) mass is 472 g/mol. The van der Waals surface area contributed by atoms with Crippen molar-refractivity contribution in [3.8, 4) is 0 Å². The van der Waals surface area contributed by atoms with E-state index in [2.05, 4.69) is 4.99 Å². The molecule has 5 nitrogen and oxygen atoms in total. The molecule has 2 heterocycles. The van der Waals surface area contributed by atoms with Gasteiger partial charge in [0, 0.05) is 10.0 Å². The Morgan fingerprint density at radius 2 is 1.90 bits per heavy atom. The molecular formula is C23H18Cl2N2O3S. The second-order valence-electron chi connectivity index (χ2n) is 6.88. The van der Waals surface area contributed by atoms with Gasteiger partial charge in [-0.2, -0.15) is 0 Å². The number of hydrogen-bond acceptors (Lipinski definition) is 5. The summed E-state index contributed by atoms with van der Waals surface area (Å²) in [5.41, 5.74) is 2.08. The number of carbonyl (C=O) groups excluding carboxylic acids is 1. The highest BCUT2D eigenvalue weighted by atomic mass is 35.5. The first-order chi connectivity index (χ1) is 14.9. The highest BCUT2D eigenvalue weighted by molar-refractivity contribution is 7.07. The Morgan fingerprint density at radius 3 is 2.58 bits per heavy atom. The van der Waals surface area contributed by atoms with Gasteiger partial charge in [-0.3, -0.25) is 9.36 Å². The first-order valence-electron chi connectivity index (χ1n) is 9.60. The fourth-order valence-electron chi connectivity index (χ4n) is 3.49. The Balaban J connectivity index is 1.97. The van der Waals surface area contributed by atoms with Gasteiger partial charge in [-0.25, -0.2) is 9.79 Å². The fourth-order valence-corrected chi connectivity index (χ4v) is 4.84. The molecule has 0 N–H and O–H groups in total. The van der Waals surface area contributed by atoms with Gasteiger partial charge in [0.25, 0.3) is 5.56 Å². The zero-order chi connectivity index (χ0) is 22.1. The summed E-state index contributed by atoms with van der Waals surface area (Å²) in [6, 6.07) is 13.7. The number of esters is 1. The summed E-state index contributed by atoms with van der Waals surface area (Å²) in [7, 11) is 0. The number of thiazole rings is 1. The third-order valence-electron chi connectivity index (χ3n) is 4.89. The number of ether oxygens (including phenoxy) is 1. The second kappa shape index (κ2) is 8.83. The molecule has 1 aliphatic heterocycles. The van der Waals surface area contributed by atoms with Gasteiger partial charge in [0.05, 0.1) is 28.5 Å². The highest BCUT2D eigenvalue weighted by Gasteiger charge is 2.33. The Morgan fingerprint density at radius 1 is 1.19 bits per heavy atom. The molecule has 4 rings (SSSR count). The first kappa shape index (κ1) is 21.6. The van der Waals surface area contributed by atoms with E-state index in [0.717, 1.165) is 11.1 Å². The lowest BCUT2D eigenvalue weighted by Gasteiger charge is -2.24. The Bertz CT molecular complexity index is 1370. The highest BCUT2D eigenvalue weighted by Crippen LogP contribution is 2.31. The van der Waals surface area contributed by atoms with Crippen LogP contribution in [-0.4, -0.2) is 17.1 Å². The number of carbonyl (C=O) groups is 1. The molecular weight excluding hydrogens is 455 g/mol. The second-order valence-corrected chi connectivity index (χ2v) is 8.73. The van der Waals surface area contributed by atoms with Crippen LogP contribution >= 0.6 is 34.5 Å². The van der Waals surface area contributed by atoms with Crippen LogP contribution in [0.25, 0.3) is 6.08 Å². The molecule has 1 atom stereocenters. The van der Waals surface area contributed by atoms with E-state index in [9.17, 15) is 9.59 Å². The Labute approximate surface area is 192 Å². The third-order valence-corrected chi connectivity index (χ3v) is 6.47. The van der Waals surface area contributed by atoms with Gasteiger partial charge in [-0.1, -0.05) is 64.9 Å². The predicted octanol–water partition coefficient (Wildman–Crippen LogP) is 4.11. The van der Waals surface area contributed by atoms with Gasteiger partial charge >= 0.3 is 5.97 Å². The number of hydrogen-bond donors (Lipinski definition) is 0. The minimum atomic E-state index is -0.666. The van der Waals surface area contributed by atoms with Crippen LogP contribution in [0.3, 0.4) is 0 Å². The maximum absolute atomic E-state index is 13.5. The minimum Gasteiger partial charge on any atom is -0.463 e. The van der Waals surface area contributed by atoms with Crippen LogP contribution in [0.15, 0.2) is 69.6 Å². The number of allylic oxidation sites excluding steroid dienone is 1. The molecule has 0 saturated heterocycles. The van der Waals surface area contributed by atoms with Crippen molar-refractivity contribution >= 4 is 46.6 Å². The molecule has 8 heteroatoms. The average molecular weight is 473 g/mol. The molecule has 0 spiro atoms. The van der Waals surface area contributed by atoms with Crippen molar-refractivity contribution < 1.29 is 9.53 Å².